The first kappa shape index (κ1) is 28.6. The van der Waals surface area contributed by atoms with Crippen molar-refractivity contribution < 1.29 is 54.1 Å². The average Bonchev–Trinajstić information content (AvgIpc) is 2.97. The van der Waals surface area contributed by atoms with E-state index in [1.807, 2.05) is 0 Å². The van der Waals surface area contributed by atoms with Gasteiger partial charge in [-0.25, -0.2) is 4.79 Å². The van der Waals surface area contributed by atoms with Crippen molar-refractivity contribution in [1.29, 1.82) is 0 Å². The molecule has 5 unspecified atom stereocenters. The fourth-order valence-corrected chi connectivity index (χ4v) is 4.45. The Morgan fingerprint density at radius 2 is 1.60 bits per heavy atom. The fourth-order valence-electron chi connectivity index (χ4n) is 4.45. The van der Waals surface area contributed by atoms with Crippen LogP contribution in [-0.4, -0.2) is 73.9 Å². The molecule has 42 heavy (non-hydrogen) atoms. The number of rotatable bonds is 7. The van der Waals surface area contributed by atoms with Gasteiger partial charge in [-0.1, -0.05) is 24.3 Å². The van der Waals surface area contributed by atoms with E-state index in [1.165, 1.54) is 54.8 Å². The summed E-state index contributed by atoms with van der Waals surface area (Å²) in [7, 11) is 0. The largest absolute Gasteiger partial charge is 0.508 e. The maximum Gasteiger partial charge on any atom is 0.331 e. The van der Waals surface area contributed by atoms with Gasteiger partial charge < -0.3 is 49.3 Å². The molecule has 1 aliphatic heterocycles. The van der Waals surface area contributed by atoms with E-state index in [0.29, 0.717) is 11.1 Å². The zero-order valence-corrected chi connectivity index (χ0v) is 21.7. The minimum Gasteiger partial charge on any atom is -0.508 e. The molecule has 0 amide bonds. The highest BCUT2D eigenvalue weighted by Crippen LogP contribution is 2.33. The van der Waals surface area contributed by atoms with Crippen molar-refractivity contribution in [2.45, 2.75) is 30.7 Å². The quantitative estimate of drug-likeness (QED) is 0.138. The number of phenols is 3. The van der Waals surface area contributed by atoms with E-state index >= 15 is 0 Å². The summed E-state index contributed by atoms with van der Waals surface area (Å²) < 4.78 is 22.3. The van der Waals surface area contributed by atoms with E-state index in [4.69, 9.17) is 18.6 Å². The summed E-state index contributed by atoms with van der Waals surface area (Å²) >= 11 is 0. The third kappa shape index (κ3) is 5.92. The first-order chi connectivity index (χ1) is 20.1. The van der Waals surface area contributed by atoms with Gasteiger partial charge in [0.15, 0.2) is 6.10 Å². The van der Waals surface area contributed by atoms with Gasteiger partial charge >= 0.3 is 5.97 Å². The first-order valence-electron chi connectivity index (χ1n) is 12.7. The van der Waals surface area contributed by atoms with Crippen molar-refractivity contribution in [2.75, 3.05) is 6.61 Å². The predicted molar refractivity (Wildman–Crippen MR) is 147 cm³/mol. The van der Waals surface area contributed by atoms with Crippen molar-refractivity contribution in [2.24, 2.45) is 0 Å². The number of aliphatic hydroxyl groups excluding tert-OH is 3. The lowest BCUT2D eigenvalue weighted by Crippen LogP contribution is -2.61. The molecule has 0 radical (unpaired) electrons. The number of phenolic OH excluding ortho intramolecular Hbond substituents is 3. The molecule has 2 heterocycles. The molecule has 5 atom stereocenters. The highest BCUT2D eigenvalue weighted by molar-refractivity contribution is 5.88. The topological polar surface area (TPSA) is 196 Å². The normalized spacial score (nSPS) is 22.3. The number of aromatic hydroxyl groups is 3. The van der Waals surface area contributed by atoms with Crippen LogP contribution in [0.1, 0.15) is 5.56 Å². The molecule has 1 aromatic heterocycles. The van der Waals surface area contributed by atoms with Crippen LogP contribution in [0.2, 0.25) is 0 Å². The maximum absolute atomic E-state index is 13.1. The third-order valence-electron chi connectivity index (χ3n) is 6.64. The van der Waals surface area contributed by atoms with E-state index in [0.717, 1.165) is 12.1 Å². The zero-order valence-electron chi connectivity index (χ0n) is 21.7. The molecule has 12 nitrogen and oxygen atoms in total. The van der Waals surface area contributed by atoms with Crippen LogP contribution >= 0.6 is 0 Å². The second kappa shape index (κ2) is 11.9. The Morgan fingerprint density at radius 3 is 2.26 bits per heavy atom. The predicted octanol–water partition coefficient (Wildman–Crippen LogP) is 2.02. The molecule has 1 saturated heterocycles. The second-order valence-electron chi connectivity index (χ2n) is 9.49. The second-order valence-corrected chi connectivity index (χ2v) is 9.49. The number of hydrogen-bond acceptors (Lipinski definition) is 12. The molecule has 3 aromatic carbocycles. The van der Waals surface area contributed by atoms with E-state index < -0.39 is 54.5 Å². The Hall–Kier alpha value is -4.88. The molecule has 4 aromatic rings. The molecule has 0 spiro atoms. The molecule has 6 N–H and O–H groups in total. The number of fused-ring (bicyclic) bond motifs is 1. The van der Waals surface area contributed by atoms with Crippen molar-refractivity contribution in [3.05, 3.63) is 88.8 Å². The van der Waals surface area contributed by atoms with Gasteiger partial charge in [-0.2, -0.15) is 0 Å². The lowest BCUT2D eigenvalue weighted by Gasteiger charge is -2.41. The number of aliphatic hydroxyl groups is 3. The van der Waals surface area contributed by atoms with Gasteiger partial charge in [0, 0.05) is 18.2 Å². The van der Waals surface area contributed by atoms with Crippen LogP contribution in [-0.2, 0) is 14.3 Å². The van der Waals surface area contributed by atoms with Gasteiger partial charge in [0.1, 0.15) is 58.5 Å². The molecule has 5 rings (SSSR count). The molecule has 0 saturated carbocycles. The number of benzene rings is 3. The number of carbonyl (C=O) groups excluding carboxylic acids is 1. The summed E-state index contributed by atoms with van der Waals surface area (Å²) in [6.45, 7) is -0.697. The van der Waals surface area contributed by atoms with Crippen molar-refractivity contribution in [3.63, 3.8) is 0 Å². The van der Waals surface area contributed by atoms with E-state index in [-0.39, 0.29) is 33.8 Å². The SMILES string of the molecule is O=C(/C=C/c1ccc(O)cc1)OC1C(Oc2cc(O)c3c(=O)c(-c4ccc(O)cc4)coc3c2)OC(CO)C(O)C1O. The van der Waals surface area contributed by atoms with Gasteiger partial charge in [0.2, 0.25) is 11.7 Å². The van der Waals surface area contributed by atoms with Crippen LogP contribution in [0.4, 0.5) is 0 Å². The highest BCUT2D eigenvalue weighted by atomic mass is 16.7. The van der Waals surface area contributed by atoms with Gasteiger partial charge in [0.05, 0.1) is 12.2 Å². The summed E-state index contributed by atoms with van der Waals surface area (Å²) in [6.07, 6.45) is -4.16. The van der Waals surface area contributed by atoms with Crippen molar-refractivity contribution in [3.8, 4) is 34.1 Å². The van der Waals surface area contributed by atoms with E-state index in [2.05, 4.69) is 0 Å². The van der Waals surface area contributed by atoms with Crippen LogP contribution in [0.25, 0.3) is 28.2 Å². The van der Waals surface area contributed by atoms with Gasteiger partial charge in [-0.3, -0.25) is 4.79 Å². The Balaban J connectivity index is 1.41. The molecule has 0 bridgehead atoms. The number of ether oxygens (including phenoxy) is 3. The van der Waals surface area contributed by atoms with Crippen LogP contribution < -0.4 is 10.2 Å². The number of esters is 1. The lowest BCUT2D eigenvalue weighted by molar-refractivity contribution is -0.281. The van der Waals surface area contributed by atoms with E-state index in [9.17, 15) is 40.2 Å². The smallest absolute Gasteiger partial charge is 0.331 e. The number of hydrogen-bond donors (Lipinski definition) is 6. The molecular formula is C30H26O12. The zero-order chi connectivity index (χ0) is 30.0. The van der Waals surface area contributed by atoms with Crippen LogP contribution in [0, 0.1) is 0 Å². The van der Waals surface area contributed by atoms with Crippen LogP contribution in [0.15, 0.2) is 82.2 Å². The molecule has 218 valence electrons. The summed E-state index contributed by atoms with van der Waals surface area (Å²) in [6, 6.07) is 14.2. The molecule has 12 heteroatoms. The standard InChI is InChI=1S/C30H26O12/c31-13-23-27(37)28(38)29(42-24(35)10-3-15-1-6-17(32)7-2-15)30(41-23)40-19-11-21(34)25-22(12-19)39-14-20(26(25)36)16-4-8-18(33)9-5-16/h1-12,14,23,27-34,37-38H,13H2/b10-3+. The Bertz CT molecular complexity index is 1660. The average molecular weight is 579 g/mol. The minimum absolute atomic E-state index is 0.0110. The van der Waals surface area contributed by atoms with Crippen LogP contribution in [0.3, 0.4) is 0 Å². The van der Waals surface area contributed by atoms with Gasteiger partial charge in [-0.05, 0) is 41.5 Å². The Labute approximate surface area is 237 Å². The van der Waals surface area contributed by atoms with E-state index in [1.54, 1.807) is 12.1 Å². The lowest BCUT2D eigenvalue weighted by atomic mass is 9.99. The summed E-state index contributed by atoms with van der Waals surface area (Å²) in [4.78, 5) is 25.7. The molecule has 0 aliphatic carbocycles. The van der Waals surface area contributed by atoms with Gasteiger partial charge in [-0.15, -0.1) is 0 Å². The molecule has 1 fully saturated rings. The third-order valence-corrected chi connectivity index (χ3v) is 6.64. The first-order valence-corrected chi connectivity index (χ1v) is 12.7. The number of carbonyl (C=O) groups is 1. The Morgan fingerprint density at radius 1 is 0.929 bits per heavy atom. The highest BCUT2D eigenvalue weighted by Gasteiger charge is 2.48. The van der Waals surface area contributed by atoms with Gasteiger partial charge in [0.25, 0.3) is 0 Å². The maximum atomic E-state index is 13.1. The molecule has 1 aliphatic rings. The molecular weight excluding hydrogens is 552 g/mol. The Kier molecular flexibility index (Phi) is 8.13. The summed E-state index contributed by atoms with van der Waals surface area (Å²) in [5.41, 5.74) is 0.548. The van der Waals surface area contributed by atoms with Crippen molar-refractivity contribution >= 4 is 23.0 Å². The minimum atomic E-state index is -1.73. The summed E-state index contributed by atoms with van der Waals surface area (Å²) in [5, 5.41) is 60.2. The van der Waals surface area contributed by atoms with Crippen LogP contribution in [0.5, 0.6) is 23.0 Å². The van der Waals surface area contributed by atoms with Crippen molar-refractivity contribution in [1.82, 2.24) is 0 Å². The summed E-state index contributed by atoms with van der Waals surface area (Å²) in [5.74, 6) is -1.48. The monoisotopic (exact) mass is 578 g/mol. The fraction of sp³-hybridized carbons (Fsp3) is 0.200.